The number of hydrogen-bond donors (Lipinski definition) is 1. The maximum Gasteiger partial charge on any atom is 0.252 e. The maximum atomic E-state index is 13.4. The number of amides is 1. The molecule has 0 radical (unpaired) electrons. The summed E-state index contributed by atoms with van der Waals surface area (Å²) in [5, 5.41) is 8.06. The molecule has 30 heavy (non-hydrogen) atoms. The molecule has 1 aliphatic rings. The van der Waals surface area contributed by atoms with Gasteiger partial charge in [-0.15, -0.1) is 0 Å². The van der Waals surface area contributed by atoms with Crippen LogP contribution >= 0.6 is 0 Å². The van der Waals surface area contributed by atoms with Crippen molar-refractivity contribution in [3.63, 3.8) is 0 Å². The quantitative estimate of drug-likeness (QED) is 0.687. The van der Waals surface area contributed by atoms with Crippen molar-refractivity contribution in [1.29, 1.82) is 0 Å². The molecule has 0 spiro atoms. The highest BCUT2D eigenvalue weighted by atomic mass is 32.2. The van der Waals surface area contributed by atoms with Crippen LogP contribution in [0.1, 0.15) is 42.4 Å². The van der Waals surface area contributed by atoms with Crippen LogP contribution in [-0.2, 0) is 9.84 Å². The van der Waals surface area contributed by atoms with E-state index in [1.165, 1.54) is 12.1 Å². The Morgan fingerprint density at radius 1 is 1.27 bits per heavy atom. The summed E-state index contributed by atoms with van der Waals surface area (Å²) >= 11 is 0. The zero-order valence-electron chi connectivity index (χ0n) is 17.0. The van der Waals surface area contributed by atoms with Crippen molar-refractivity contribution >= 4 is 26.8 Å². The van der Waals surface area contributed by atoms with Crippen molar-refractivity contribution in [2.75, 3.05) is 11.5 Å². The van der Waals surface area contributed by atoms with Crippen LogP contribution < -0.4 is 5.32 Å². The van der Waals surface area contributed by atoms with Crippen molar-refractivity contribution in [3.05, 3.63) is 47.4 Å². The van der Waals surface area contributed by atoms with Crippen LogP contribution in [0.4, 0.5) is 4.39 Å². The number of nitrogens with one attached hydrogen (secondary N) is 1. The van der Waals surface area contributed by atoms with Crippen LogP contribution in [0, 0.1) is 12.7 Å². The highest BCUT2D eigenvalue weighted by molar-refractivity contribution is 7.91. The van der Waals surface area contributed by atoms with Crippen LogP contribution in [-0.4, -0.2) is 46.6 Å². The molecule has 4 rings (SSSR count). The molecule has 158 valence electrons. The van der Waals surface area contributed by atoms with Crippen molar-refractivity contribution in [2.45, 2.75) is 39.3 Å². The largest absolute Gasteiger partial charge is 0.350 e. The summed E-state index contributed by atoms with van der Waals surface area (Å²) in [6.45, 7) is 5.53. The Kier molecular flexibility index (Phi) is 5.09. The lowest BCUT2D eigenvalue weighted by Crippen LogP contribution is -2.30. The summed E-state index contributed by atoms with van der Waals surface area (Å²) in [7, 11) is -3.12. The second kappa shape index (κ2) is 7.46. The highest BCUT2D eigenvalue weighted by Crippen LogP contribution is 2.32. The van der Waals surface area contributed by atoms with Crippen molar-refractivity contribution in [2.24, 2.45) is 0 Å². The van der Waals surface area contributed by atoms with Crippen LogP contribution in [0.5, 0.6) is 0 Å². The fourth-order valence-corrected chi connectivity index (χ4v) is 5.52. The molecule has 2 aromatic heterocycles. The van der Waals surface area contributed by atoms with Gasteiger partial charge in [-0.1, -0.05) is 0 Å². The number of nitrogens with zero attached hydrogens (tertiary/aromatic N) is 3. The van der Waals surface area contributed by atoms with E-state index in [0.717, 1.165) is 0 Å². The number of aryl methyl sites for hydroxylation is 1. The summed E-state index contributed by atoms with van der Waals surface area (Å²) in [6, 6.07) is 7.15. The SMILES string of the molecule is Cc1nn(C2CCS(=O)(=O)C2)c2nc(-c3ccc(F)cc3)cc(C(=O)NC(C)C)c12. The summed E-state index contributed by atoms with van der Waals surface area (Å²) in [6.07, 6.45) is 0.453. The predicted molar refractivity (Wildman–Crippen MR) is 113 cm³/mol. The first-order chi connectivity index (χ1) is 14.1. The normalized spacial score (nSPS) is 18.2. The van der Waals surface area contributed by atoms with Gasteiger partial charge in [0.05, 0.1) is 39.9 Å². The van der Waals surface area contributed by atoms with Crippen molar-refractivity contribution in [3.8, 4) is 11.3 Å². The first-order valence-corrected chi connectivity index (χ1v) is 11.6. The molecule has 1 unspecified atom stereocenters. The topological polar surface area (TPSA) is 93.9 Å². The third kappa shape index (κ3) is 3.81. The van der Waals surface area contributed by atoms with Gasteiger partial charge in [0, 0.05) is 11.6 Å². The van der Waals surface area contributed by atoms with Gasteiger partial charge in [-0.25, -0.2) is 22.5 Å². The number of sulfone groups is 1. The van der Waals surface area contributed by atoms with E-state index in [1.807, 2.05) is 13.8 Å². The number of pyridine rings is 1. The molecule has 3 heterocycles. The third-order valence-corrected chi connectivity index (χ3v) is 6.95. The standard InChI is InChI=1S/C21H23FN4O3S/c1-12(2)23-21(27)17-10-18(14-4-6-15(22)7-5-14)24-20-19(17)13(3)25-26(20)16-8-9-30(28,29)11-16/h4-7,10,12,16H,8-9,11H2,1-3H3,(H,23,27). The van der Waals surface area contributed by atoms with E-state index >= 15 is 0 Å². The van der Waals surface area contributed by atoms with Gasteiger partial charge in [0.25, 0.3) is 5.91 Å². The van der Waals surface area contributed by atoms with Crippen molar-refractivity contribution in [1.82, 2.24) is 20.1 Å². The van der Waals surface area contributed by atoms with Gasteiger partial charge >= 0.3 is 0 Å². The number of hydrogen-bond acceptors (Lipinski definition) is 5. The summed E-state index contributed by atoms with van der Waals surface area (Å²) in [4.78, 5) is 17.7. The van der Waals surface area contributed by atoms with E-state index in [9.17, 15) is 17.6 Å². The molecule has 1 aliphatic heterocycles. The van der Waals surface area contributed by atoms with Gasteiger partial charge in [0.15, 0.2) is 15.5 Å². The minimum absolute atomic E-state index is 0.000794. The van der Waals surface area contributed by atoms with E-state index in [1.54, 1.807) is 29.8 Å². The zero-order valence-corrected chi connectivity index (χ0v) is 17.8. The average molecular weight is 431 g/mol. The molecular weight excluding hydrogens is 407 g/mol. The third-order valence-electron chi connectivity index (χ3n) is 5.20. The Bertz CT molecular complexity index is 1230. The minimum Gasteiger partial charge on any atom is -0.350 e. The summed E-state index contributed by atoms with van der Waals surface area (Å²) in [5.41, 5.74) is 2.64. The minimum atomic E-state index is -3.12. The molecule has 1 N–H and O–H groups in total. The Morgan fingerprint density at radius 3 is 2.57 bits per heavy atom. The molecule has 0 aliphatic carbocycles. The fraction of sp³-hybridized carbons (Fsp3) is 0.381. The molecule has 1 amide bonds. The molecule has 1 atom stereocenters. The molecule has 0 bridgehead atoms. The molecule has 7 nitrogen and oxygen atoms in total. The lowest BCUT2D eigenvalue weighted by Gasteiger charge is -2.13. The molecule has 1 aromatic carbocycles. The number of benzene rings is 1. The van der Waals surface area contributed by atoms with E-state index in [-0.39, 0.29) is 35.3 Å². The smallest absolute Gasteiger partial charge is 0.252 e. The van der Waals surface area contributed by atoms with Crippen LogP contribution in [0.3, 0.4) is 0 Å². The molecule has 1 fully saturated rings. The van der Waals surface area contributed by atoms with Crippen molar-refractivity contribution < 1.29 is 17.6 Å². The molecule has 0 saturated carbocycles. The van der Waals surface area contributed by atoms with Gasteiger partial charge < -0.3 is 5.32 Å². The first kappa shape index (κ1) is 20.5. The average Bonchev–Trinajstić information content (AvgIpc) is 3.20. The Morgan fingerprint density at radius 2 is 1.97 bits per heavy atom. The van der Waals surface area contributed by atoms with Crippen LogP contribution in [0.2, 0.25) is 0 Å². The Hall–Kier alpha value is -2.81. The lowest BCUT2D eigenvalue weighted by molar-refractivity contribution is 0.0944. The fourth-order valence-electron chi connectivity index (χ4n) is 3.82. The van der Waals surface area contributed by atoms with Gasteiger partial charge in [-0.3, -0.25) is 4.79 Å². The molecule has 3 aromatic rings. The molecular formula is C21H23FN4O3S. The summed E-state index contributed by atoms with van der Waals surface area (Å²) < 4.78 is 39.1. The Balaban J connectivity index is 1.94. The number of carbonyl (C=O) groups excluding carboxylic acids is 1. The second-order valence-electron chi connectivity index (χ2n) is 7.98. The molecule has 9 heteroatoms. The number of fused-ring (bicyclic) bond motifs is 1. The number of rotatable bonds is 4. The highest BCUT2D eigenvalue weighted by Gasteiger charge is 2.32. The maximum absolute atomic E-state index is 13.4. The second-order valence-corrected chi connectivity index (χ2v) is 10.2. The van der Waals surface area contributed by atoms with E-state index in [4.69, 9.17) is 4.98 Å². The monoisotopic (exact) mass is 430 g/mol. The van der Waals surface area contributed by atoms with E-state index in [0.29, 0.717) is 40.0 Å². The van der Waals surface area contributed by atoms with Gasteiger partial charge in [0.1, 0.15) is 5.82 Å². The van der Waals surface area contributed by atoms with Gasteiger partial charge in [-0.05, 0) is 57.5 Å². The van der Waals surface area contributed by atoms with Gasteiger partial charge in [-0.2, -0.15) is 5.10 Å². The predicted octanol–water partition coefficient (Wildman–Crippen LogP) is 3.04. The summed E-state index contributed by atoms with van der Waals surface area (Å²) in [5.74, 6) is -0.521. The van der Waals surface area contributed by atoms with Crippen LogP contribution in [0.15, 0.2) is 30.3 Å². The lowest BCUT2D eigenvalue weighted by atomic mass is 10.0. The first-order valence-electron chi connectivity index (χ1n) is 9.82. The van der Waals surface area contributed by atoms with E-state index < -0.39 is 9.84 Å². The zero-order chi connectivity index (χ0) is 21.6. The number of halogens is 1. The Labute approximate surface area is 174 Å². The molecule has 1 saturated heterocycles. The van der Waals surface area contributed by atoms with Crippen LogP contribution in [0.25, 0.3) is 22.3 Å². The number of carbonyl (C=O) groups is 1. The number of aromatic nitrogens is 3. The van der Waals surface area contributed by atoms with E-state index in [2.05, 4.69) is 10.4 Å². The van der Waals surface area contributed by atoms with Gasteiger partial charge in [0.2, 0.25) is 0 Å².